The van der Waals surface area contributed by atoms with Crippen molar-refractivity contribution in [3.05, 3.63) is 20.8 Å². The van der Waals surface area contributed by atoms with E-state index >= 15 is 0 Å². The van der Waals surface area contributed by atoms with Crippen molar-refractivity contribution in [2.75, 3.05) is 19.6 Å². The van der Waals surface area contributed by atoms with Crippen LogP contribution in [0.2, 0.25) is 0 Å². The highest BCUT2D eigenvalue weighted by Gasteiger charge is 2.20. The fraction of sp³-hybridized carbons (Fsp3) is 0.692. The largest absolute Gasteiger partial charge is 0.312 e. The van der Waals surface area contributed by atoms with Gasteiger partial charge in [0.15, 0.2) is 0 Å². The molecule has 1 atom stereocenters. The minimum absolute atomic E-state index is 0.640. The van der Waals surface area contributed by atoms with Gasteiger partial charge in [-0.1, -0.05) is 13.8 Å². The Labute approximate surface area is 117 Å². The van der Waals surface area contributed by atoms with Gasteiger partial charge in [0.1, 0.15) is 0 Å². The Morgan fingerprint density at radius 3 is 3.06 bits per heavy atom. The Bertz CT molecular complexity index is 351. The minimum atomic E-state index is 0.640. The van der Waals surface area contributed by atoms with E-state index in [0.717, 1.165) is 13.1 Å². The average Bonchev–Trinajstić information content (AvgIpc) is 2.54. The summed E-state index contributed by atoms with van der Waals surface area (Å²) in [6.45, 7) is 9.26. The lowest BCUT2D eigenvalue weighted by atomic mass is 10.0. The number of hydrogen-bond acceptors (Lipinski definition) is 3. The number of halogens is 1. The van der Waals surface area contributed by atoms with Gasteiger partial charge in [0, 0.05) is 33.9 Å². The summed E-state index contributed by atoms with van der Waals surface area (Å²) in [5, 5.41) is 5.83. The molecule has 0 amide bonds. The van der Waals surface area contributed by atoms with Crippen molar-refractivity contribution < 1.29 is 0 Å². The zero-order chi connectivity index (χ0) is 12.3. The van der Waals surface area contributed by atoms with E-state index in [4.69, 9.17) is 0 Å². The molecule has 1 aromatic rings. The van der Waals surface area contributed by atoms with Crippen LogP contribution in [0, 0.1) is 5.92 Å². The molecule has 0 bridgehead atoms. The molecule has 1 aromatic heterocycles. The fourth-order valence-corrected chi connectivity index (χ4v) is 3.76. The summed E-state index contributed by atoms with van der Waals surface area (Å²) < 4.78 is 1.21. The van der Waals surface area contributed by atoms with E-state index in [0.29, 0.717) is 12.0 Å². The first-order valence-electron chi connectivity index (χ1n) is 6.34. The molecule has 1 aliphatic heterocycles. The predicted octanol–water partition coefficient (Wildman–Crippen LogP) is 3.33. The van der Waals surface area contributed by atoms with Gasteiger partial charge in [0.05, 0.1) is 0 Å². The third-order valence-electron chi connectivity index (χ3n) is 3.32. The van der Waals surface area contributed by atoms with Crippen LogP contribution >= 0.6 is 27.3 Å². The topological polar surface area (TPSA) is 15.3 Å². The summed E-state index contributed by atoms with van der Waals surface area (Å²) in [7, 11) is 0. The first kappa shape index (κ1) is 13.5. The van der Waals surface area contributed by atoms with Crippen molar-refractivity contribution in [2.24, 2.45) is 5.92 Å². The molecule has 0 spiro atoms. The Hall–Kier alpha value is 0.1000. The molecule has 1 unspecified atom stereocenters. The molecular weight excluding hydrogens is 296 g/mol. The number of thiophene rings is 1. The molecule has 2 nitrogen and oxygen atoms in total. The predicted molar refractivity (Wildman–Crippen MR) is 78.5 cm³/mol. The minimum Gasteiger partial charge on any atom is -0.312 e. The van der Waals surface area contributed by atoms with Gasteiger partial charge in [0.2, 0.25) is 0 Å². The number of rotatable bonds is 3. The summed E-state index contributed by atoms with van der Waals surface area (Å²) in [4.78, 5) is 4.05. The SMILES string of the molecule is CC(C)C1CN(Cc2cc(Br)cs2)CCCN1. The summed E-state index contributed by atoms with van der Waals surface area (Å²) in [5.41, 5.74) is 0. The Morgan fingerprint density at radius 1 is 1.59 bits per heavy atom. The van der Waals surface area contributed by atoms with Crippen LogP contribution in [0.5, 0.6) is 0 Å². The first-order chi connectivity index (χ1) is 8.15. The van der Waals surface area contributed by atoms with Crippen molar-refractivity contribution in [3.8, 4) is 0 Å². The van der Waals surface area contributed by atoms with E-state index < -0.39 is 0 Å². The summed E-state index contributed by atoms with van der Waals surface area (Å²) in [6, 6.07) is 2.88. The molecule has 4 heteroatoms. The van der Waals surface area contributed by atoms with E-state index in [9.17, 15) is 0 Å². The number of nitrogens with zero attached hydrogens (tertiary/aromatic N) is 1. The van der Waals surface area contributed by atoms with Crippen LogP contribution < -0.4 is 5.32 Å². The molecule has 2 rings (SSSR count). The second kappa shape index (κ2) is 6.32. The third kappa shape index (κ3) is 4.05. The van der Waals surface area contributed by atoms with Crippen molar-refractivity contribution >= 4 is 27.3 Å². The molecule has 96 valence electrons. The number of hydrogen-bond donors (Lipinski definition) is 1. The van der Waals surface area contributed by atoms with Gasteiger partial charge in [-0.05, 0) is 47.4 Å². The zero-order valence-electron chi connectivity index (χ0n) is 10.6. The van der Waals surface area contributed by atoms with E-state index in [1.807, 2.05) is 11.3 Å². The van der Waals surface area contributed by atoms with Crippen molar-refractivity contribution in [2.45, 2.75) is 32.9 Å². The molecule has 0 saturated carbocycles. The molecule has 17 heavy (non-hydrogen) atoms. The lowest BCUT2D eigenvalue weighted by Gasteiger charge is -2.26. The highest BCUT2D eigenvalue weighted by atomic mass is 79.9. The molecule has 1 N–H and O–H groups in total. The summed E-state index contributed by atoms with van der Waals surface area (Å²) >= 11 is 5.38. The smallest absolute Gasteiger partial charge is 0.0328 e. The van der Waals surface area contributed by atoms with Crippen LogP contribution in [-0.4, -0.2) is 30.6 Å². The Kier molecular flexibility index (Phi) is 5.03. The van der Waals surface area contributed by atoms with Gasteiger partial charge in [-0.3, -0.25) is 4.90 Å². The highest BCUT2D eigenvalue weighted by molar-refractivity contribution is 9.10. The van der Waals surface area contributed by atoms with Gasteiger partial charge in [-0.25, -0.2) is 0 Å². The van der Waals surface area contributed by atoms with E-state index in [1.165, 1.54) is 28.9 Å². The quantitative estimate of drug-likeness (QED) is 0.920. The molecule has 1 fully saturated rings. The second-order valence-electron chi connectivity index (χ2n) is 5.12. The molecule has 0 radical (unpaired) electrons. The van der Waals surface area contributed by atoms with Crippen molar-refractivity contribution in [1.29, 1.82) is 0 Å². The fourth-order valence-electron chi connectivity index (χ4n) is 2.27. The molecule has 2 heterocycles. The van der Waals surface area contributed by atoms with Gasteiger partial charge in [0.25, 0.3) is 0 Å². The van der Waals surface area contributed by atoms with Crippen LogP contribution in [0.25, 0.3) is 0 Å². The lowest BCUT2D eigenvalue weighted by molar-refractivity contribution is 0.240. The average molecular weight is 317 g/mol. The van der Waals surface area contributed by atoms with Gasteiger partial charge >= 0.3 is 0 Å². The molecule has 0 aliphatic carbocycles. The first-order valence-corrected chi connectivity index (χ1v) is 8.01. The standard InChI is InChI=1S/C13H21BrN2S/c1-10(2)13-8-16(5-3-4-15-13)7-12-6-11(14)9-17-12/h6,9-10,13,15H,3-5,7-8H2,1-2H3. The van der Waals surface area contributed by atoms with Gasteiger partial charge < -0.3 is 5.32 Å². The van der Waals surface area contributed by atoms with Gasteiger partial charge in [-0.15, -0.1) is 11.3 Å². The molecule has 0 aromatic carbocycles. The maximum absolute atomic E-state index is 3.65. The maximum Gasteiger partial charge on any atom is 0.0328 e. The Balaban J connectivity index is 1.94. The molecule has 1 saturated heterocycles. The highest BCUT2D eigenvalue weighted by Crippen LogP contribution is 2.22. The van der Waals surface area contributed by atoms with E-state index in [-0.39, 0.29) is 0 Å². The third-order valence-corrected chi connectivity index (χ3v) is 5.00. The van der Waals surface area contributed by atoms with Gasteiger partial charge in [-0.2, -0.15) is 0 Å². The zero-order valence-corrected chi connectivity index (χ0v) is 13.0. The maximum atomic E-state index is 3.65. The molecule has 1 aliphatic rings. The second-order valence-corrected chi connectivity index (χ2v) is 7.04. The summed E-state index contributed by atoms with van der Waals surface area (Å²) in [5.74, 6) is 0.714. The van der Waals surface area contributed by atoms with Crippen LogP contribution in [0.4, 0.5) is 0 Å². The van der Waals surface area contributed by atoms with E-state index in [1.54, 1.807) is 0 Å². The van der Waals surface area contributed by atoms with Crippen LogP contribution in [0.3, 0.4) is 0 Å². The normalized spacial score (nSPS) is 22.9. The number of nitrogens with one attached hydrogen (secondary N) is 1. The monoisotopic (exact) mass is 316 g/mol. The van der Waals surface area contributed by atoms with Crippen molar-refractivity contribution in [1.82, 2.24) is 10.2 Å². The molecular formula is C13H21BrN2S. The summed E-state index contributed by atoms with van der Waals surface area (Å²) in [6.07, 6.45) is 1.26. The Morgan fingerprint density at radius 2 is 2.41 bits per heavy atom. The lowest BCUT2D eigenvalue weighted by Crippen LogP contribution is -2.40. The van der Waals surface area contributed by atoms with Crippen LogP contribution in [-0.2, 0) is 6.54 Å². The van der Waals surface area contributed by atoms with Crippen LogP contribution in [0.1, 0.15) is 25.1 Å². The van der Waals surface area contributed by atoms with Crippen molar-refractivity contribution in [3.63, 3.8) is 0 Å². The van der Waals surface area contributed by atoms with Crippen LogP contribution in [0.15, 0.2) is 15.9 Å². The van der Waals surface area contributed by atoms with E-state index in [2.05, 4.69) is 51.4 Å².